The van der Waals surface area contributed by atoms with Crippen LogP contribution in [0.5, 0.6) is 5.75 Å². The van der Waals surface area contributed by atoms with Crippen LogP contribution in [-0.2, 0) is 13.0 Å². The topological polar surface area (TPSA) is 86.0 Å². The molecule has 1 atom stereocenters. The standard InChI is InChI=1S/C17H19N5O2/c1-2-13-5-7-16(8-6-13)24-12-15(23)11-22-20-17(19-21-22)14-4-3-9-18-10-14/h3-10,15,23H,2,11-12H2,1H3. The maximum atomic E-state index is 10.1. The van der Waals surface area contributed by atoms with Crippen molar-refractivity contribution in [2.75, 3.05) is 6.61 Å². The van der Waals surface area contributed by atoms with Gasteiger partial charge in [0.05, 0.1) is 6.54 Å². The lowest BCUT2D eigenvalue weighted by Gasteiger charge is -2.11. The van der Waals surface area contributed by atoms with E-state index in [-0.39, 0.29) is 13.2 Å². The molecule has 2 heterocycles. The van der Waals surface area contributed by atoms with E-state index in [1.165, 1.54) is 10.4 Å². The fourth-order valence-electron chi connectivity index (χ4n) is 2.19. The van der Waals surface area contributed by atoms with E-state index in [0.29, 0.717) is 5.82 Å². The van der Waals surface area contributed by atoms with Gasteiger partial charge in [-0.15, -0.1) is 10.2 Å². The quantitative estimate of drug-likeness (QED) is 0.712. The van der Waals surface area contributed by atoms with Crippen molar-refractivity contribution in [1.29, 1.82) is 0 Å². The van der Waals surface area contributed by atoms with Gasteiger partial charge in [-0.25, -0.2) is 0 Å². The number of nitrogens with zero attached hydrogens (tertiary/aromatic N) is 5. The van der Waals surface area contributed by atoms with E-state index in [1.807, 2.05) is 36.4 Å². The number of hydrogen-bond donors (Lipinski definition) is 1. The first-order chi connectivity index (χ1) is 11.7. The summed E-state index contributed by atoms with van der Waals surface area (Å²) in [6.07, 6.45) is 3.61. The molecule has 124 valence electrons. The molecule has 24 heavy (non-hydrogen) atoms. The minimum absolute atomic E-state index is 0.162. The molecule has 1 aromatic carbocycles. The van der Waals surface area contributed by atoms with Crippen molar-refractivity contribution in [2.45, 2.75) is 26.0 Å². The summed E-state index contributed by atoms with van der Waals surface area (Å²) in [4.78, 5) is 5.38. The van der Waals surface area contributed by atoms with Crippen LogP contribution in [0.3, 0.4) is 0 Å². The molecule has 0 aliphatic carbocycles. The number of hydrogen-bond acceptors (Lipinski definition) is 6. The molecule has 0 fully saturated rings. The number of tetrazole rings is 1. The lowest BCUT2D eigenvalue weighted by molar-refractivity contribution is 0.0850. The summed E-state index contributed by atoms with van der Waals surface area (Å²) in [5.41, 5.74) is 2.03. The Labute approximate surface area is 139 Å². The Morgan fingerprint density at radius 1 is 1.21 bits per heavy atom. The van der Waals surface area contributed by atoms with Gasteiger partial charge < -0.3 is 9.84 Å². The Balaban J connectivity index is 1.53. The highest BCUT2D eigenvalue weighted by molar-refractivity contribution is 5.51. The Kier molecular flexibility index (Phi) is 5.12. The van der Waals surface area contributed by atoms with Crippen molar-refractivity contribution in [3.63, 3.8) is 0 Å². The summed E-state index contributed by atoms with van der Waals surface area (Å²) < 4.78 is 5.58. The summed E-state index contributed by atoms with van der Waals surface area (Å²) in [7, 11) is 0. The Hall–Kier alpha value is -2.80. The highest BCUT2D eigenvalue weighted by Crippen LogP contribution is 2.13. The summed E-state index contributed by atoms with van der Waals surface area (Å²) in [5.74, 6) is 1.21. The second kappa shape index (κ2) is 7.65. The number of aromatic nitrogens is 5. The van der Waals surface area contributed by atoms with E-state index in [1.54, 1.807) is 12.4 Å². The van der Waals surface area contributed by atoms with Crippen molar-refractivity contribution in [1.82, 2.24) is 25.2 Å². The zero-order valence-corrected chi connectivity index (χ0v) is 13.4. The van der Waals surface area contributed by atoms with Crippen molar-refractivity contribution in [3.8, 4) is 17.1 Å². The minimum atomic E-state index is -0.730. The molecule has 0 aliphatic rings. The number of aliphatic hydroxyl groups is 1. The number of pyridine rings is 1. The molecule has 0 aliphatic heterocycles. The van der Waals surface area contributed by atoms with Gasteiger partial charge in [-0.2, -0.15) is 4.80 Å². The van der Waals surface area contributed by atoms with Gasteiger partial charge >= 0.3 is 0 Å². The molecule has 0 saturated heterocycles. The lowest BCUT2D eigenvalue weighted by Crippen LogP contribution is -2.25. The monoisotopic (exact) mass is 325 g/mol. The van der Waals surface area contributed by atoms with Gasteiger partial charge in [0.2, 0.25) is 5.82 Å². The fourth-order valence-corrected chi connectivity index (χ4v) is 2.19. The predicted molar refractivity (Wildman–Crippen MR) is 88.4 cm³/mol. The first-order valence-corrected chi connectivity index (χ1v) is 7.82. The van der Waals surface area contributed by atoms with Crippen molar-refractivity contribution < 1.29 is 9.84 Å². The van der Waals surface area contributed by atoms with Crippen LogP contribution in [0.1, 0.15) is 12.5 Å². The van der Waals surface area contributed by atoms with Gasteiger partial charge in [-0.1, -0.05) is 19.1 Å². The highest BCUT2D eigenvalue weighted by atomic mass is 16.5. The van der Waals surface area contributed by atoms with Gasteiger partial charge in [0.25, 0.3) is 0 Å². The van der Waals surface area contributed by atoms with E-state index in [0.717, 1.165) is 17.7 Å². The third-order valence-corrected chi connectivity index (χ3v) is 3.52. The second-order valence-electron chi connectivity index (χ2n) is 5.37. The zero-order valence-electron chi connectivity index (χ0n) is 13.4. The summed E-state index contributed by atoms with van der Waals surface area (Å²) in [5, 5.41) is 22.2. The van der Waals surface area contributed by atoms with Crippen molar-refractivity contribution >= 4 is 0 Å². The average Bonchev–Trinajstić information content (AvgIpc) is 3.09. The van der Waals surface area contributed by atoms with E-state index >= 15 is 0 Å². The third kappa shape index (κ3) is 4.14. The number of rotatable bonds is 7. The predicted octanol–water partition coefficient (Wildman–Crippen LogP) is 1.74. The Morgan fingerprint density at radius 3 is 2.75 bits per heavy atom. The molecule has 0 saturated carbocycles. The maximum absolute atomic E-state index is 10.1. The smallest absolute Gasteiger partial charge is 0.206 e. The summed E-state index contributed by atoms with van der Waals surface area (Å²) in [6.45, 7) is 2.47. The molecule has 3 aromatic rings. The third-order valence-electron chi connectivity index (χ3n) is 3.52. The van der Waals surface area contributed by atoms with Crippen molar-refractivity contribution in [3.05, 3.63) is 54.4 Å². The molecule has 2 aromatic heterocycles. The van der Waals surface area contributed by atoms with Crippen LogP contribution in [0.4, 0.5) is 0 Å². The molecule has 1 N–H and O–H groups in total. The largest absolute Gasteiger partial charge is 0.491 e. The van der Waals surface area contributed by atoms with Crippen LogP contribution >= 0.6 is 0 Å². The lowest BCUT2D eigenvalue weighted by atomic mass is 10.2. The van der Waals surface area contributed by atoms with Gasteiger partial charge in [0, 0.05) is 18.0 Å². The van der Waals surface area contributed by atoms with E-state index in [9.17, 15) is 5.11 Å². The average molecular weight is 325 g/mol. The maximum Gasteiger partial charge on any atom is 0.206 e. The van der Waals surface area contributed by atoms with Crippen LogP contribution < -0.4 is 4.74 Å². The molecule has 0 spiro atoms. The number of ether oxygens (including phenoxy) is 1. The van der Waals surface area contributed by atoms with Crippen LogP contribution in [0.2, 0.25) is 0 Å². The molecular formula is C17H19N5O2. The first-order valence-electron chi connectivity index (χ1n) is 7.82. The summed E-state index contributed by atoms with van der Waals surface area (Å²) >= 11 is 0. The fraction of sp³-hybridized carbons (Fsp3) is 0.294. The van der Waals surface area contributed by atoms with E-state index in [2.05, 4.69) is 27.3 Å². The zero-order chi connectivity index (χ0) is 16.8. The van der Waals surface area contributed by atoms with Crippen LogP contribution in [-0.4, -0.2) is 43.0 Å². The molecule has 7 heteroatoms. The highest BCUT2D eigenvalue weighted by Gasteiger charge is 2.11. The molecule has 0 amide bonds. The van der Waals surface area contributed by atoms with Gasteiger partial charge in [-0.3, -0.25) is 4.98 Å². The number of aliphatic hydroxyl groups excluding tert-OH is 1. The van der Waals surface area contributed by atoms with Gasteiger partial charge in [-0.05, 0) is 41.5 Å². The molecule has 0 bridgehead atoms. The van der Waals surface area contributed by atoms with Gasteiger partial charge in [0.1, 0.15) is 18.5 Å². The minimum Gasteiger partial charge on any atom is -0.491 e. The molecule has 3 rings (SSSR count). The van der Waals surface area contributed by atoms with Crippen LogP contribution in [0.15, 0.2) is 48.8 Å². The molecular weight excluding hydrogens is 306 g/mol. The summed E-state index contributed by atoms with van der Waals surface area (Å²) in [6, 6.07) is 11.5. The first kappa shape index (κ1) is 16.1. The van der Waals surface area contributed by atoms with Crippen LogP contribution in [0, 0.1) is 0 Å². The Bertz CT molecular complexity index is 758. The number of aryl methyl sites for hydroxylation is 1. The van der Waals surface area contributed by atoms with E-state index in [4.69, 9.17) is 4.74 Å². The number of benzene rings is 1. The SMILES string of the molecule is CCc1ccc(OCC(O)Cn2nnc(-c3cccnc3)n2)cc1. The molecule has 1 unspecified atom stereocenters. The Morgan fingerprint density at radius 2 is 2.04 bits per heavy atom. The van der Waals surface area contributed by atoms with Crippen molar-refractivity contribution in [2.24, 2.45) is 0 Å². The van der Waals surface area contributed by atoms with Crippen LogP contribution in [0.25, 0.3) is 11.4 Å². The normalized spacial score (nSPS) is 12.1. The molecule has 0 radical (unpaired) electrons. The molecule has 7 nitrogen and oxygen atoms in total. The van der Waals surface area contributed by atoms with Gasteiger partial charge in [0.15, 0.2) is 0 Å². The second-order valence-corrected chi connectivity index (χ2v) is 5.37. The van der Waals surface area contributed by atoms with E-state index < -0.39 is 6.10 Å².